The van der Waals surface area contributed by atoms with Gasteiger partial charge in [-0.1, -0.05) is 54.6 Å². The highest BCUT2D eigenvalue weighted by molar-refractivity contribution is 5.99. The fourth-order valence-electron chi connectivity index (χ4n) is 3.01. The van der Waals surface area contributed by atoms with Gasteiger partial charge in [-0.15, -0.1) is 0 Å². The molecule has 0 spiro atoms. The zero-order valence-corrected chi connectivity index (χ0v) is 14.6. The maximum Gasteiger partial charge on any atom is 0.288 e. The first-order valence-corrected chi connectivity index (χ1v) is 8.67. The Morgan fingerprint density at radius 3 is 2.67 bits per heavy atom. The lowest BCUT2D eigenvalue weighted by Gasteiger charge is -2.10. The number of pyridine rings is 1. The molecule has 2 aromatic carbocycles. The number of carbonyl (C=O) groups is 1. The quantitative estimate of drug-likeness (QED) is 0.437. The van der Waals surface area contributed by atoms with Crippen LogP contribution in [0.15, 0.2) is 90.3 Å². The van der Waals surface area contributed by atoms with E-state index in [1.807, 2.05) is 65.2 Å². The minimum absolute atomic E-state index is 0.248. The van der Waals surface area contributed by atoms with E-state index in [0.717, 1.165) is 22.0 Å². The van der Waals surface area contributed by atoms with E-state index >= 15 is 0 Å². The van der Waals surface area contributed by atoms with E-state index in [-0.39, 0.29) is 5.91 Å². The molecule has 0 saturated carbocycles. The van der Waals surface area contributed by atoms with Gasteiger partial charge in [0.25, 0.3) is 5.91 Å². The van der Waals surface area contributed by atoms with Gasteiger partial charge in [0.2, 0.25) is 0 Å². The Balaban J connectivity index is 1.63. The minimum atomic E-state index is -0.248. The highest BCUT2D eigenvalue weighted by Crippen LogP contribution is 2.21. The summed E-state index contributed by atoms with van der Waals surface area (Å²) >= 11 is 0. The second-order valence-electron chi connectivity index (χ2n) is 6.15. The molecule has 4 aromatic rings. The van der Waals surface area contributed by atoms with Gasteiger partial charge in [0, 0.05) is 35.4 Å². The van der Waals surface area contributed by atoms with E-state index in [0.29, 0.717) is 12.2 Å². The van der Waals surface area contributed by atoms with E-state index in [9.17, 15) is 4.79 Å². The normalized spacial score (nSPS) is 11.1. The number of hydrogen-bond donors (Lipinski definition) is 1. The van der Waals surface area contributed by atoms with Crippen LogP contribution >= 0.6 is 0 Å². The number of nitrogens with one attached hydrogen (secondary N) is 1. The SMILES string of the molecule is O=C(N/N=C\c1cccnc1)c1cc2ccccc2n1Cc1ccccc1. The molecule has 0 bridgehead atoms. The van der Waals surface area contributed by atoms with Gasteiger partial charge in [0.1, 0.15) is 5.69 Å². The van der Waals surface area contributed by atoms with Crippen molar-refractivity contribution in [3.8, 4) is 0 Å². The van der Waals surface area contributed by atoms with Gasteiger partial charge in [-0.3, -0.25) is 9.78 Å². The Bertz CT molecular complexity index is 1090. The summed E-state index contributed by atoms with van der Waals surface area (Å²) in [7, 11) is 0. The average Bonchev–Trinajstić information content (AvgIpc) is 3.08. The predicted octanol–water partition coefficient (Wildman–Crippen LogP) is 3.85. The molecule has 0 atom stereocenters. The zero-order chi connectivity index (χ0) is 18.5. The first kappa shape index (κ1) is 16.7. The van der Waals surface area contributed by atoms with E-state index in [4.69, 9.17) is 0 Å². The van der Waals surface area contributed by atoms with E-state index in [1.54, 1.807) is 18.6 Å². The Morgan fingerprint density at radius 1 is 1.04 bits per heavy atom. The summed E-state index contributed by atoms with van der Waals surface area (Å²) < 4.78 is 2.01. The Morgan fingerprint density at radius 2 is 1.85 bits per heavy atom. The minimum Gasteiger partial charge on any atom is -0.332 e. The van der Waals surface area contributed by atoms with E-state index < -0.39 is 0 Å². The molecule has 0 unspecified atom stereocenters. The van der Waals surface area contributed by atoms with Crippen LogP contribution in [-0.4, -0.2) is 21.7 Å². The van der Waals surface area contributed by atoms with Gasteiger partial charge in [-0.2, -0.15) is 5.10 Å². The van der Waals surface area contributed by atoms with Crippen LogP contribution in [0, 0.1) is 0 Å². The molecule has 4 rings (SSSR count). The molecule has 2 aromatic heterocycles. The molecule has 0 radical (unpaired) electrons. The summed E-state index contributed by atoms with van der Waals surface area (Å²) in [6.07, 6.45) is 4.95. The van der Waals surface area contributed by atoms with Crippen LogP contribution in [0.2, 0.25) is 0 Å². The van der Waals surface area contributed by atoms with Gasteiger partial charge < -0.3 is 4.57 Å². The number of rotatable bonds is 5. The first-order chi connectivity index (χ1) is 13.3. The lowest BCUT2D eigenvalue weighted by Crippen LogP contribution is -2.21. The Hall–Kier alpha value is -3.73. The molecule has 1 N–H and O–H groups in total. The van der Waals surface area contributed by atoms with Crippen molar-refractivity contribution in [2.24, 2.45) is 5.10 Å². The third-order valence-electron chi connectivity index (χ3n) is 4.29. The molecule has 132 valence electrons. The molecule has 0 aliphatic carbocycles. The molecule has 2 heterocycles. The summed E-state index contributed by atoms with van der Waals surface area (Å²) in [5.41, 5.74) is 6.16. The number of hydrazone groups is 1. The average molecular weight is 354 g/mol. The van der Waals surface area contributed by atoms with Crippen LogP contribution in [-0.2, 0) is 6.54 Å². The lowest BCUT2D eigenvalue weighted by molar-refractivity contribution is 0.0947. The van der Waals surface area contributed by atoms with Gasteiger partial charge in [-0.25, -0.2) is 5.43 Å². The van der Waals surface area contributed by atoms with Crippen molar-refractivity contribution in [3.63, 3.8) is 0 Å². The van der Waals surface area contributed by atoms with Crippen molar-refractivity contribution in [1.82, 2.24) is 15.0 Å². The van der Waals surface area contributed by atoms with Crippen LogP contribution in [0.3, 0.4) is 0 Å². The number of hydrogen-bond acceptors (Lipinski definition) is 3. The van der Waals surface area contributed by atoms with Crippen molar-refractivity contribution >= 4 is 23.0 Å². The topological polar surface area (TPSA) is 59.3 Å². The van der Waals surface area contributed by atoms with Gasteiger partial charge >= 0.3 is 0 Å². The third-order valence-corrected chi connectivity index (χ3v) is 4.29. The van der Waals surface area contributed by atoms with Gasteiger partial charge in [0.15, 0.2) is 0 Å². The van der Waals surface area contributed by atoms with Gasteiger partial charge in [0.05, 0.1) is 6.21 Å². The molecule has 5 nitrogen and oxygen atoms in total. The number of amides is 1. The highest BCUT2D eigenvalue weighted by Gasteiger charge is 2.15. The summed E-state index contributed by atoms with van der Waals surface area (Å²) in [4.78, 5) is 16.8. The second kappa shape index (κ2) is 7.66. The fraction of sp³-hybridized carbons (Fsp3) is 0.0455. The molecule has 5 heteroatoms. The predicted molar refractivity (Wildman–Crippen MR) is 107 cm³/mol. The molecular formula is C22H18N4O. The van der Waals surface area contributed by atoms with Crippen molar-refractivity contribution in [2.75, 3.05) is 0 Å². The summed E-state index contributed by atoms with van der Waals surface area (Å²) in [5.74, 6) is -0.248. The fourth-order valence-corrected chi connectivity index (χ4v) is 3.01. The molecule has 0 aliphatic heterocycles. The molecule has 0 fully saturated rings. The maximum absolute atomic E-state index is 12.8. The molecule has 27 heavy (non-hydrogen) atoms. The Labute approximate surface area is 157 Å². The van der Waals surface area contributed by atoms with Crippen molar-refractivity contribution in [1.29, 1.82) is 0 Å². The molecular weight excluding hydrogens is 336 g/mol. The number of para-hydroxylation sites is 1. The summed E-state index contributed by atoms with van der Waals surface area (Å²) in [5, 5.41) is 5.08. The van der Waals surface area contributed by atoms with Crippen LogP contribution in [0.5, 0.6) is 0 Å². The number of nitrogens with zero attached hydrogens (tertiary/aromatic N) is 3. The highest BCUT2D eigenvalue weighted by atomic mass is 16.2. The van der Waals surface area contributed by atoms with Crippen LogP contribution in [0.1, 0.15) is 21.6 Å². The smallest absolute Gasteiger partial charge is 0.288 e. The number of fused-ring (bicyclic) bond motifs is 1. The standard InChI is InChI=1S/C22H18N4O/c27-22(25-24-15-18-9-6-12-23-14-18)21-13-19-10-4-5-11-20(19)26(21)16-17-7-2-1-3-8-17/h1-15H,16H2,(H,25,27)/b24-15-. The number of benzene rings is 2. The van der Waals surface area contributed by atoms with Crippen molar-refractivity contribution in [2.45, 2.75) is 6.54 Å². The zero-order valence-electron chi connectivity index (χ0n) is 14.6. The Kier molecular flexibility index (Phi) is 4.74. The summed E-state index contributed by atoms with van der Waals surface area (Å²) in [6, 6.07) is 23.6. The van der Waals surface area contributed by atoms with Crippen LogP contribution < -0.4 is 5.43 Å². The second-order valence-corrected chi connectivity index (χ2v) is 6.15. The van der Waals surface area contributed by atoms with E-state index in [2.05, 4.69) is 27.6 Å². The molecule has 1 amide bonds. The van der Waals surface area contributed by atoms with Crippen LogP contribution in [0.4, 0.5) is 0 Å². The number of carbonyl (C=O) groups excluding carboxylic acids is 1. The van der Waals surface area contributed by atoms with Crippen molar-refractivity contribution < 1.29 is 4.79 Å². The largest absolute Gasteiger partial charge is 0.332 e. The van der Waals surface area contributed by atoms with Gasteiger partial charge in [-0.05, 0) is 23.8 Å². The molecule has 0 saturated heterocycles. The van der Waals surface area contributed by atoms with Crippen LogP contribution in [0.25, 0.3) is 10.9 Å². The monoisotopic (exact) mass is 354 g/mol. The lowest BCUT2D eigenvalue weighted by atomic mass is 10.2. The van der Waals surface area contributed by atoms with E-state index in [1.165, 1.54) is 0 Å². The third kappa shape index (κ3) is 3.77. The first-order valence-electron chi connectivity index (χ1n) is 8.67. The maximum atomic E-state index is 12.8. The molecule has 0 aliphatic rings. The summed E-state index contributed by atoms with van der Waals surface area (Å²) in [6.45, 7) is 0.615. The number of aromatic nitrogens is 2. The van der Waals surface area contributed by atoms with Crippen molar-refractivity contribution in [3.05, 3.63) is 102 Å².